The molecule has 0 aliphatic rings. The summed E-state index contributed by atoms with van der Waals surface area (Å²) >= 11 is 0. The molecule has 0 fully saturated rings. The molecule has 1 aromatic carbocycles. The first-order valence-corrected chi connectivity index (χ1v) is 6.34. The minimum Gasteiger partial charge on any atom is -0.478 e. The van der Waals surface area contributed by atoms with Crippen LogP contribution in [0, 0.1) is 0 Å². The molecule has 0 saturated heterocycles. The highest BCUT2D eigenvalue weighted by atomic mass is 16.4. The summed E-state index contributed by atoms with van der Waals surface area (Å²) in [6, 6.07) is 6.77. The van der Waals surface area contributed by atoms with Gasteiger partial charge >= 0.3 is 5.97 Å². The molecule has 0 aliphatic heterocycles. The third kappa shape index (κ3) is 3.85. The van der Waals surface area contributed by atoms with E-state index in [1.165, 1.54) is 15.9 Å². The highest BCUT2D eigenvalue weighted by Gasteiger charge is 2.13. The predicted molar refractivity (Wildman–Crippen MR) is 72.6 cm³/mol. The van der Waals surface area contributed by atoms with E-state index in [-0.39, 0.29) is 18.0 Å². The quantitative estimate of drug-likeness (QED) is 0.807. The number of hydrogen-bond acceptors (Lipinski definition) is 5. The Morgan fingerprint density at radius 2 is 2.10 bits per heavy atom. The molecule has 21 heavy (non-hydrogen) atoms. The Morgan fingerprint density at radius 3 is 2.76 bits per heavy atom. The zero-order chi connectivity index (χ0) is 15.2. The van der Waals surface area contributed by atoms with Gasteiger partial charge in [-0.3, -0.25) is 4.79 Å². The number of carbonyl (C=O) groups excluding carboxylic acids is 1. The number of benzene rings is 1. The zero-order valence-electron chi connectivity index (χ0n) is 11.5. The molecule has 0 aliphatic carbocycles. The summed E-state index contributed by atoms with van der Waals surface area (Å²) in [5.41, 5.74) is 0.964. The van der Waals surface area contributed by atoms with E-state index in [0.29, 0.717) is 18.5 Å². The second kappa shape index (κ2) is 6.60. The van der Waals surface area contributed by atoms with Crippen molar-refractivity contribution in [1.82, 2.24) is 25.1 Å². The maximum absolute atomic E-state index is 11.9. The lowest BCUT2D eigenvalue weighted by Crippen LogP contribution is -2.32. The zero-order valence-corrected chi connectivity index (χ0v) is 11.5. The number of aromatic carboxylic acids is 1. The van der Waals surface area contributed by atoms with Crippen LogP contribution >= 0.6 is 0 Å². The molecule has 1 amide bonds. The first-order valence-electron chi connectivity index (χ1n) is 6.34. The number of tetrazole rings is 1. The highest BCUT2D eigenvalue weighted by Crippen LogP contribution is 2.10. The van der Waals surface area contributed by atoms with E-state index in [4.69, 9.17) is 5.11 Å². The smallest absolute Gasteiger partial charge is 0.335 e. The summed E-state index contributed by atoms with van der Waals surface area (Å²) in [5, 5.41) is 19.6. The first-order chi connectivity index (χ1) is 10.1. The van der Waals surface area contributed by atoms with Crippen LogP contribution in [0.2, 0.25) is 0 Å². The average molecular weight is 289 g/mol. The van der Waals surface area contributed by atoms with Crippen LogP contribution in [0.25, 0.3) is 0 Å². The fourth-order valence-electron chi connectivity index (χ4n) is 1.87. The van der Waals surface area contributed by atoms with Gasteiger partial charge in [0.2, 0.25) is 5.91 Å². The van der Waals surface area contributed by atoms with E-state index in [9.17, 15) is 9.59 Å². The van der Waals surface area contributed by atoms with Crippen molar-refractivity contribution in [3.63, 3.8) is 0 Å². The third-order valence-corrected chi connectivity index (χ3v) is 3.08. The number of nitrogens with zero attached hydrogens (tertiary/aromatic N) is 5. The second-order valence-electron chi connectivity index (χ2n) is 4.53. The average Bonchev–Trinajstić information content (AvgIpc) is 2.97. The summed E-state index contributed by atoms with van der Waals surface area (Å²) in [6.45, 7) is 0.481. The van der Waals surface area contributed by atoms with Crippen LogP contribution in [-0.2, 0) is 17.8 Å². The second-order valence-corrected chi connectivity index (χ2v) is 4.53. The van der Waals surface area contributed by atoms with Gasteiger partial charge in [0, 0.05) is 13.6 Å². The molecule has 0 spiro atoms. The van der Waals surface area contributed by atoms with Crippen LogP contribution in [-0.4, -0.2) is 55.7 Å². The molecule has 110 valence electrons. The van der Waals surface area contributed by atoms with Gasteiger partial charge in [-0.15, -0.1) is 5.10 Å². The summed E-state index contributed by atoms with van der Waals surface area (Å²) in [4.78, 5) is 24.6. The van der Waals surface area contributed by atoms with Crippen molar-refractivity contribution < 1.29 is 14.7 Å². The molecule has 8 heteroatoms. The Labute approximate surface area is 121 Å². The van der Waals surface area contributed by atoms with Crippen molar-refractivity contribution >= 4 is 11.9 Å². The molecule has 2 aromatic rings. The number of amides is 1. The molecule has 0 radical (unpaired) electrons. The van der Waals surface area contributed by atoms with Crippen molar-refractivity contribution in [2.75, 3.05) is 13.6 Å². The molecule has 0 unspecified atom stereocenters. The molecular weight excluding hydrogens is 274 g/mol. The van der Waals surface area contributed by atoms with Crippen LogP contribution in [0.4, 0.5) is 0 Å². The number of carboxylic acids is 1. The van der Waals surface area contributed by atoms with E-state index in [1.807, 2.05) is 0 Å². The fourth-order valence-corrected chi connectivity index (χ4v) is 1.87. The molecule has 1 heterocycles. The van der Waals surface area contributed by atoms with Crippen LogP contribution < -0.4 is 0 Å². The van der Waals surface area contributed by atoms with E-state index in [2.05, 4.69) is 15.5 Å². The number of rotatable bonds is 6. The van der Waals surface area contributed by atoms with E-state index < -0.39 is 5.97 Å². The Balaban J connectivity index is 1.93. The number of carbonyl (C=O) groups is 2. The van der Waals surface area contributed by atoms with Gasteiger partial charge in [0.15, 0.2) is 0 Å². The van der Waals surface area contributed by atoms with Crippen molar-refractivity contribution in [3.05, 3.63) is 41.7 Å². The summed E-state index contributed by atoms with van der Waals surface area (Å²) in [7, 11) is 1.66. The Morgan fingerprint density at radius 1 is 1.33 bits per heavy atom. The largest absolute Gasteiger partial charge is 0.478 e. The SMILES string of the molecule is CN(CCc1ccccc1C(=O)O)C(=O)Cn1cnnn1. The van der Waals surface area contributed by atoms with Gasteiger partial charge in [0.1, 0.15) is 12.9 Å². The molecule has 0 atom stereocenters. The maximum atomic E-state index is 11.9. The topological polar surface area (TPSA) is 101 Å². The molecular formula is C13H15N5O3. The minimum absolute atomic E-state index is 0.0596. The Bertz CT molecular complexity index is 626. The standard InChI is InChI=1S/C13H15N5O3/c1-17(12(19)8-18-9-14-15-16-18)7-6-10-4-2-3-5-11(10)13(20)21/h2-5,9H,6-8H2,1H3,(H,20,21). The summed E-state index contributed by atoms with van der Waals surface area (Å²) < 4.78 is 1.34. The Kier molecular flexibility index (Phi) is 4.60. The number of hydrogen-bond donors (Lipinski definition) is 1. The molecule has 8 nitrogen and oxygen atoms in total. The van der Waals surface area contributed by atoms with Gasteiger partial charge < -0.3 is 10.0 Å². The lowest BCUT2D eigenvalue weighted by Gasteiger charge is -2.17. The lowest BCUT2D eigenvalue weighted by atomic mass is 10.0. The van der Waals surface area contributed by atoms with E-state index >= 15 is 0 Å². The molecule has 0 saturated carbocycles. The van der Waals surface area contributed by atoms with Crippen molar-refractivity contribution in [3.8, 4) is 0 Å². The predicted octanol–water partition coefficient (Wildman–Crippen LogP) is 0.0724. The van der Waals surface area contributed by atoms with Gasteiger partial charge in [-0.05, 0) is 28.5 Å². The Hall–Kier alpha value is -2.77. The van der Waals surface area contributed by atoms with E-state index in [1.54, 1.807) is 31.3 Å². The summed E-state index contributed by atoms with van der Waals surface area (Å²) in [6.07, 6.45) is 1.84. The van der Waals surface area contributed by atoms with Crippen molar-refractivity contribution in [1.29, 1.82) is 0 Å². The van der Waals surface area contributed by atoms with E-state index in [0.717, 1.165) is 0 Å². The molecule has 2 rings (SSSR count). The number of aromatic nitrogens is 4. The van der Waals surface area contributed by atoms with Gasteiger partial charge in [-0.25, -0.2) is 9.48 Å². The third-order valence-electron chi connectivity index (χ3n) is 3.08. The first kappa shape index (κ1) is 14.6. The van der Waals surface area contributed by atoms with Crippen LogP contribution in [0.1, 0.15) is 15.9 Å². The monoisotopic (exact) mass is 289 g/mol. The normalized spacial score (nSPS) is 10.3. The van der Waals surface area contributed by atoms with Gasteiger partial charge in [-0.1, -0.05) is 18.2 Å². The fraction of sp³-hybridized carbons (Fsp3) is 0.308. The minimum atomic E-state index is -0.965. The van der Waals surface area contributed by atoms with Crippen molar-refractivity contribution in [2.45, 2.75) is 13.0 Å². The molecule has 1 N–H and O–H groups in total. The maximum Gasteiger partial charge on any atom is 0.335 e. The van der Waals surface area contributed by atoms with Gasteiger partial charge in [0.05, 0.1) is 5.56 Å². The molecule has 0 bridgehead atoms. The highest BCUT2D eigenvalue weighted by molar-refractivity contribution is 5.89. The lowest BCUT2D eigenvalue weighted by molar-refractivity contribution is -0.130. The van der Waals surface area contributed by atoms with Crippen LogP contribution in [0.5, 0.6) is 0 Å². The van der Waals surface area contributed by atoms with Crippen LogP contribution in [0.15, 0.2) is 30.6 Å². The number of likely N-dealkylation sites (N-methyl/N-ethyl adjacent to an activating group) is 1. The number of carboxylic acid groups (broad SMARTS) is 1. The van der Waals surface area contributed by atoms with Gasteiger partial charge in [0.25, 0.3) is 0 Å². The summed E-state index contributed by atoms with van der Waals surface area (Å²) in [5.74, 6) is -1.11. The van der Waals surface area contributed by atoms with Crippen LogP contribution in [0.3, 0.4) is 0 Å². The molecule has 1 aromatic heterocycles. The van der Waals surface area contributed by atoms with Gasteiger partial charge in [-0.2, -0.15) is 0 Å². The van der Waals surface area contributed by atoms with Crippen molar-refractivity contribution in [2.24, 2.45) is 0 Å².